The summed E-state index contributed by atoms with van der Waals surface area (Å²) in [5, 5.41) is 12.0. The van der Waals surface area contributed by atoms with Gasteiger partial charge in [-0.25, -0.2) is 0 Å². The summed E-state index contributed by atoms with van der Waals surface area (Å²) in [4.78, 5) is 14.9. The molecule has 0 radical (unpaired) electrons. The number of piperidine rings is 1. The minimum Gasteiger partial charge on any atom is -0.411 e. The van der Waals surface area contributed by atoms with Gasteiger partial charge in [0.15, 0.2) is 0 Å². The molecule has 1 N–H and O–H groups in total. The summed E-state index contributed by atoms with van der Waals surface area (Å²) in [6.07, 6.45) is 3.56. The SMILES string of the molecule is O=C(CSc1nnc(-c2ccccc2Br)o1)Nc1cc(Cl)ccc1N1CCCCC1. The van der Waals surface area contributed by atoms with Crippen molar-refractivity contribution in [2.45, 2.75) is 24.5 Å². The second-order valence-corrected chi connectivity index (χ2v) is 9.12. The van der Waals surface area contributed by atoms with E-state index >= 15 is 0 Å². The van der Waals surface area contributed by atoms with Gasteiger partial charge in [0, 0.05) is 22.6 Å². The number of nitrogens with one attached hydrogen (secondary N) is 1. The molecular weight excluding hydrogens is 488 g/mol. The topological polar surface area (TPSA) is 71.3 Å². The Morgan fingerprint density at radius 3 is 2.77 bits per heavy atom. The Balaban J connectivity index is 1.40. The number of carbonyl (C=O) groups is 1. The van der Waals surface area contributed by atoms with E-state index in [1.165, 1.54) is 18.2 Å². The lowest BCUT2D eigenvalue weighted by molar-refractivity contribution is -0.113. The van der Waals surface area contributed by atoms with E-state index in [0.29, 0.717) is 16.1 Å². The Hall–Kier alpha value is -2.03. The number of hydrogen-bond donors (Lipinski definition) is 1. The van der Waals surface area contributed by atoms with Gasteiger partial charge in [0.1, 0.15) is 0 Å². The third-order valence-electron chi connectivity index (χ3n) is 4.77. The number of aromatic nitrogens is 2. The second-order valence-electron chi connectivity index (χ2n) is 6.90. The first-order valence-electron chi connectivity index (χ1n) is 9.66. The number of amides is 1. The number of halogens is 2. The Bertz CT molecular complexity index is 1040. The quantitative estimate of drug-likeness (QED) is 0.421. The van der Waals surface area contributed by atoms with Crippen molar-refractivity contribution in [1.29, 1.82) is 0 Å². The Kier molecular flexibility index (Phi) is 6.97. The number of thioether (sulfide) groups is 1. The molecule has 0 aliphatic carbocycles. The zero-order chi connectivity index (χ0) is 20.9. The molecule has 1 aliphatic rings. The maximum atomic E-state index is 12.6. The number of anilines is 2. The van der Waals surface area contributed by atoms with Gasteiger partial charge in [-0.15, -0.1) is 10.2 Å². The van der Waals surface area contributed by atoms with Crippen molar-refractivity contribution in [3.05, 3.63) is 52.0 Å². The molecule has 0 atom stereocenters. The zero-order valence-electron chi connectivity index (χ0n) is 16.1. The van der Waals surface area contributed by atoms with Crippen molar-refractivity contribution in [1.82, 2.24) is 10.2 Å². The van der Waals surface area contributed by atoms with Gasteiger partial charge in [-0.1, -0.05) is 35.5 Å². The fraction of sp³-hybridized carbons (Fsp3) is 0.286. The van der Waals surface area contributed by atoms with Crippen molar-refractivity contribution in [3.63, 3.8) is 0 Å². The number of carbonyl (C=O) groups excluding carboxylic acids is 1. The van der Waals surface area contributed by atoms with Crippen LogP contribution < -0.4 is 10.2 Å². The molecule has 0 spiro atoms. The molecule has 1 saturated heterocycles. The standard InChI is InChI=1S/C21H20BrClN4O2S/c22-16-7-3-2-6-15(16)20-25-26-21(29-20)30-13-19(28)24-17-12-14(23)8-9-18(17)27-10-4-1-5-11-27/h2-3,6-9,12H,1,4-5,10-11,13H2,(H,24,28). The van der Waals surface area contributed by atoms with Crippen LogP contribution >= 0.6 is 39.3 Å². The first-order chi connectivity index (χ1) is 14.6. The molecular formula is C21H20BrClN4O2S. The van der Waals surface area contributed by atoms with E-state index in [-0.39, 0.29) is 11.7 Å². The highest BCUT2D eigenvalue weighted by atomic mass is 79.9. The van der Waals surface area contributed by atoms with Crippen molar-refractivity contribution >= 4 is 56.6 Å². The van der Waals surface area contributed by atoms with E-state index in [1.807, 2.05) is 36.4 Å². The molecule has 1 fully saturated rings. The van der Waals surface area contributed by atoms with Crippen molar-refractivity contribution in [2.75, 3.05) is 29.1 Å². The van der Waals surface area contributed by atoms with Crippen LogP contribution in [0.3, 0.4) is 0 Å². The summed E-state index contributed by atoms with van der Waals surface area (Å²) in [7, 11) is 0. The third-order valence-corrected chi connectivity index (χ3v) is 6.51. The zero-order valence-corrected chi connectivity index (χ0v) is 19.3. The first-order valence-corrected chi connectivity index (χ1v) is 11.8. The van der Waals surface area contributed by atoms with Gasteiger partial charge in [-0.2, -0.15) is 0 Å². The molecule has 1 aromatic heterocycles. The molecule has 1 aliphatic heterocycles. The Morgan fingerprint density at radius 2 is 1.97 bits per heavy atom. The fourth-order valence-corrected chi connectivity index (χ4v) is 4.53. The monoisotopic (exact) mass is 506 g/mol. The van der Waals surface area contributed by atoms with E-state index in [1.54, 1.807) is 6.07 Å². The molecule has 156 valence electrons. The second kappa shape index (κ2) is 9.85. The molecule has 2 heterocycles. The average molecular weight is 508 g/mol. The van der Waals surface area contributed by atoms with Crippen LogP contribution in [-0.2, 0) is 4.79 Å². The summed E-state index contributed by atoms with van der Waals surface area (Å²) in [6, 6.07) is 13.2. The highest BCUT2D eigenvalue weighted by Crippen LogP contribution is 2.32. The van der Waals surface area contributed by atoms with Crippen LogP contribution in [0.5, 0.6) is 0 Å². The first kappa shape index (κ1) is 21.2. The minimum absolute atomic E-state index is 0.152. The number of rotatable bonds is 6. The molecule has 6 nitrogen and oxygen atoms in total. The highest BCUT2D eigenvalue weighted by molar-refractivity contribution is 9.10. The van der Waals surface area contributed by atoms with E-state index in [9.17, 15) is 4.79 Å². The molecule has 0 unspecified atom stereocenters. The lowest BCUT2D eigenvalue weighted by atomic mass is 10.1. The smallest absolute Gasteiger partial charge is 0.277 e. The van der Waals surface area contributed by atoms with Crippen LogP contribution in [-0.4, -0.2) is 34.9 Å². The van der Waals surface area contributed by atoms with Crippen molar-refractivity contribution < 1.29 is 9.21 Å². The summed E-state index contributed by atoms with van der Waals surface area (Å²) in [6.45, 7) is 1.97. The van der Waals surface area contributed by atoms with Crippen LogP contribution in [0.4, 0.5) is 11.4 Å². The van der Waals surface area contributed by atoms with Gasteiger partial charge >= 0.3 is 0 Å². The van der Waals surface area contributed by atoms with Crippen LogP contribution in [0.25, 0.3) is 11.5 Å². The molecule has 4 rings (SSSR count). The van der Waals surface area contributed by atoms with Gasteiger partial charge in [0.05, 0.1) is 22.7 Å². The van der Waals surface area contributed by atoms with Crippen LogP contribution in [0.15, 0.2) is 56.6 Å². The molecule has 0 saturated carbocycles. The normalized spacial score (nSPS) is 14.0. The van der Waals surface area contributed by atoms with E-state index in [2.05, 4.69) is 36.3 Å². The van der Waals surface area contributed by atoms with Crippen LogP contribution in [0.2, 0.25) is 5.02 Å². The number of hydrogen-bond acceptors (Lipinski definition) is 6. The number of benzene rings is 2. The molecule has 9 heteroatoms. The van der Waals surface area contributed by atoms with E-state index < -0.39 is 0 Å². The van der Waals surface area contributed by atoms with Gasteiger partial charge in [-0.3, -0.25) is 4.79 Å². The molecule has 0 bridgehead atoms. The predicted molar refractivity (Wildman–Crippen MR) is 124 cm³/mol. The van der Waals surface area contributed by atoms with Gasteiger partial charge < -0.3 is 14.6 Å². The molecule has 2 aromatic carbocycles. The predicted octanol–water partition coefficient (Wildman–Crippen LogP) is 5.87. The van der Waals surface area contributed by atoms with Crippen molar-refractivity contribution in [2.24, 2.45) is 0 Å². The summed E-state index contributed by atoms with van der Waals surface area (Å²) < 4.78 is 6.56. The highest BCUT2D eigenvalue weighted by Gasteiger charge is 2.17. The Morgan fingerprint density at radius 1 is 1.17 bits per heavy atom. The molecule has 30 heavy (non-hydrogen) atoms. The lowest BCUT2D eigenvalue weighted by Crippen LogP contribution is -2.30. The maximum Gasteiger partial charge on any atom is 0.277 e. The number of nitrogens with zero attached hydrogens (tertiary/aromatic N) is 3. The Labute approximate surface area is 192 Å². The lowest BCUT2D eigenvalue weighted by Gasteiger charge is -2.30. The summed E-state index contributed by atoms with van der Waals surface area (Å²) >= 11 is 10.8. The third kappa shape index (κ3) is 5.17. The van der Waals surface area contributed by atoms with E-state index in [4.69, 9.17) is 16.0 Å². The van der Waals surface area contributed by atoms with Crippen LogP contribution in [0.1, 0.15) is 19.3 Å². The van der Waals surface area contributed by atoms with Crippen molar-refractivity contribution in [3.8, 4) is 11.5 Å². The molecule has 3 aromatic rings. The minimum atomic E-state index is -0.152. The van der Waals surface area contributed by atoms with Gasteiger partial charge in [0.2, 0.25) is 11.8 Å². The summed E-state index contributed by atoms with van der Waals surface area (Å²) in [5.74, 6) is 0.414. The van der Waals surface area contributed by atoms with Crippen LogP contribution in [0, 0.1) is 0 Å². The fourth-order valence-electron chi connectivity index (χ4n) is 3.34. The average Bonchev–Trinajstić information content (AvgIpc) is 3.22. The van der Waals surface area contributed by atoms with Gasteiger partial charge in [-0.05, 0) is 65.5 Å². The van der Waals surface area contributed by atoms with Gasteiger partial charge in [0.25, 0.3) is 5.22 Å². The maximum absolute atomic E-state index is 12.6. The summed E-state index contributed by atoms with van der Waals surface area (Å²) in [5.41, 5.74) is 2.55. The van der Waals surface area contributed by atoms with E-state index in [0.717, 1.165) is 47.3 Å². The largest absolute Gasteiger partial charge is 0.411 e. The molecule has 1 amide bonds.